The normalized spacial score (nSPS) is 12.2. The van der Waals surface area contributed by atoms with E-state index in [1.807, 2.05) is 18.2 Å². The minimum absolute atomic E-state index is 0.255. The molecule has 0 spiro atoms. The van der Waals surface area contributed by atoms with Crippen LogP contribution in [0.4, 0.5) is 4.39 Å². The van der Waals surface area contributed by atoms with Crippen LogP contribution in [0.2, 0.25) is 5.02 Å². The lowest BCUT2D eigenvalue weighted by Gasteiger charge is -2.19. The van der Waals surface area contributed by atoms with Crippen molar-refractivity contribution in [2.24, 2.45) is 5.73 Å². The number of ether oxygens (including phenoxy) is 1. The van der Waals surface area contributed by atoms with Crippen molar-refractivity contribution in [1.82, 2.24) is 0 Å². The first kappa shape index (κ1) is 13.8. The van der Waals surface area contributed by atoms with E-state index in [1.54, 1.807) is 25.1 Å². The van der Waals surface area contributed by atoms with Crippen LogP contribution in [0.5, 0.6) is 5.75 Å². The largest absolute Gasteiger partial charge is 0.484 e. The second kappa shape index (κ2) is 6.04. The Morgan fingerprint density at radius 1 is 1.26 bits per heavy atom. The third kappa shape index (κ3) is 3.25. The summed E-state index contributed by atoms with van der Waals surface area (Å²) in [5.41, 5.74) is 7.09. The predicted octanol–water partition coefficient (Wildman–Crippen LogP) is 3.87. The molecule has 0 radical (unpaired) electrons. The summed E-state index contributed by atoms with van der Waals surface area (Å²) in [7, 11) is 0. The average Bonchev–Trinajstić information content (AvgIpc) is 2.41. The van der Waals surface area contributed by atoms with Crippen molar-refractivity contribution in [1.29, 1.82) is 0 Å². The molecule has 1 unspecified atom stereocenters. The van der Waals surface area contributed by atoms with Crippen molar-refractivity contribution in [2.75, 3.05) is 6.54 Å². The fraction of sp³-hybridized carbons (Fsp3) is 0.200. The fourth-order valence-corrected chi connectivity index (χ4v) is 2.09. The second-order valence-corrected chi connectivity index (χ2v) is 4.68. The number of nitrogens with two attached hydrogens (primary N) is 1. The molecule has 0 aliphatic rings. The lowest BCUT2D eigenvalue weighted by Crippen LogP contribution is -2.18. The molecule has 0 aliphatic heterocycles. The SMILES string of the molecule is Cc1cc(OC(CN)c2ccccc2Cl)ccc1F. The molecule has 2 aromatic carbocycles. The van der Waals surface area contributed by atoms with Crippen LogP contribution in [0.3, 0.4) is 0 Å². The summed E-state index contributed by atoms with van der Waals surface area (Å²) in [6.07, 6.45) is -0.349. The molecule has 0 saturated carbocycles. The first-order chi connectivity index (χ1) is 9.11. The smallest absolute Gasteiger partial charge is 0.137 e. The molecule has 1 atom stereocenters. The number of halogens is 2. The summed E-state index contributed by atoms with van der Waals surface area (Å²) < 4.78 is 19.0. The zero-order chi connectivity index (χ0) is 13.8. The number of aryl methyl sites for hydroxylation is 1. The molecular weight excluding hydrogens is 265 g/mol. The van der Waals surface area contributed by atoms with Gasteiger partial charge < -0.3 is 10.5 Å². The molecule has 19 heavy (non-hydrogen) atoms. The van der Waals surface area contributed by atoms with E-state index in [-0.39, 0.29) is 11.9 Å². The minimum Gasteiger partial charge on any atom is -0.484 e. The van der Waals surface area contributed by atoms with Crippen LogP contribution in [0.1, 0.15) is 17.2 Å². The van der Waals surface area contributed by atoms with E-state index in [0.29, 0.717) is 22.9 Å². The molecule has 0 aliphatic carbocycles. The average molecular weight is 280 g/mol. The Hall–Kier alpha value is -1.58. The Morgan fingerprint density at radius 3 is 2.63 bits per heavy atom. The highest BCUT2D eigenvalue weighted by molar-refractivity contribution is 6.31. The topological polar surface area (TPSA) is 35.2 Å². The van der Waals surface area contributed by atoms with Crippen LogP contribution in [0, 0.1) is 12.7 Å². The third-order valence-electron chi connectivity index (χ3n) is 2.87. The van der Waals surface area contributed by atoms with Gasteiger partial charge in [-0.1, -0.05) is 29.8 Å². The highest BCUT2D eigenvalue weighted by atomic mass is 35.5. The molecule has 0 heterocycles. The number of benzene rings is 2. The molecule has 0 aromatic heterocycles. The van der Waals surface area contributed by atoms with Crippen LogP contribution in [-0.4, -0.2) is 6.54 Å². The standard InChI is InChI=1S/C15H15ClFNO/c1-10-8-11(6-7-14(10)17)19-15(9-18)12-4-2-3-5-13(12)16/h2-8,15H,9,18H2,1H3. The molecule has 0 fully saturated rings. The van der Waals surface area contributed by atoms with Crippen LogP contribution in [0.15, 0.2) is 42.5 Å². The Labute approximate surface area is 117 Å². The molecule has 2 aromatic rings. The van der Waals surface area contributed by atoms with Gasteiger partial charge in [-0.25, -0.2) is 4.39 Å². The van der Waals surface area contributed by atoms with Crippen LogP contribution >= 0.6 is 11.6 Å². The lowest BCUT2D eigenvalue weighted by molar-refractivity contribution is 0.214. The zero-order valence-corrected chi connectivity index (χ0v) is 11.3. The van der Waals surface area contributed by atoms with Crippen molar-refractivity contribution in [3.63, 3.8) is 0 Å². The molecule has 100 valence electrons. The van der Waals surface area contributed by atoms with Gasteiger partial charge in [0.2, 0.25) is 0 Å². The maximum atomic E-state index is 13.2. The summed E-state index contributed by atoms with van der Waals surface area (Å²) in [5, 5.41) is 0.608. The molecule has 0 bridgehead atoms. The van der Waals surface area contributed by atoms with Crippen LogP contribution in [0.25, 0.3) is 0 Å². The Kier molecular flexibility index (Phi) is 4.40. The van der Waals surface area contributed by atoms with E-state index in [2.05, 4.69) is 0 Å². The van der Waals surface area contributed by atoms with Gasteiger partial charge >= 0.3 is 0 Å². The molecular formula is C15H15ClFNO. The summed E-state index contributed by atoms with van der Waals surface area (Å²) in [4.78, 5) is 0. The van der Waals surface area contributed by atoms with Crippen molar-refractivity contribution >= 4 is 11.6 Å². The fourth-order valence-electron chi connectivity index (χ4n) is 1.83. The quantitative estimate of drug-likeness (QED) is 0.922. The van der Waals surface area contributed by atoms with Crippen molar-refractivity contribution in [3.05, 3.63) is 64.4 Å². The van der Waals surface area contributed by atoms with Crippen molar-refractivity contribution < 1.29 is 9.13 Å². The Balaban J connectivity index is 2.24. The molecule has 2 rings (SSSR count). The molecule has 2 nitrogen and oxygen atoms in total. The summed E-state index contributed by atoms with van der Waals surface area (Å²) in [6, 6.07) is 12.0. The summed E-state index contributed by atoms with van der Waals surface area (Å²) >= 11 is 6.12. The highest BCUT2D eigenvalue weighted by Crippen LogP contribution is 2.27. The van der Waals surface area contributed by atoms with E-state index in [9.17, 15) is 4.39 Å². The lowest BCUT2D eigenvalue weighted by atomic mass is 10.1. The van der Waals surface area contributed by atoms with Gasteiger partial charge in [0.1, 0.15) is 17.7 Å². The number of rotatable bonds is 4. The van der Waals surface area contributed by atoms with E-state index >= 15 is 0 Å². The molecule has 2 N–H and O–H groups in total. The Morgan fingerprint density at radius 2 is 2.00 bits per heavy atom. The number of hydrogen-bond donors (Lipinski definition) is 1. The second-order valence-electron chi connectivity index (χ2n) is 4.27. The van der Waals surface area contributed by atoms with Gasteiger partial charge in [-0.05, 0) is 36.8 Å². The van der Waals surface area contributed by atoms with Crippen LogP contribution in [-0.2, 0) is 0 Å². The van der Waals surface area contributed by atoms with Crippen molar-refractivity contribution in [3.8, 4) is 5.75 Å². The molecule has 4 heteroatoms. The van der Waals surface area contributed by atoms with Gasteiger partial charge in [-0.2, -0.15) is 0 Å². The van der Waals surface area contributed by atoms with E-state index < -0.39 is 0 Å². The maximum Gasteiger partial charge on any atom is 0.137 e. The van der Waals surface area contributed by atoms with E-state index in [4.69, 9.17) is 22.1 Å². The van der Waals surface area contributed by atoms with Crippen molar-refractivity contribution in [2.45, 2.75) is 13.0 Å². The zero-order valence-electron chi connectivity index (χ0n) is 10.6. The highest BCUT2D eigenvalue weighted by Gasteiger charge is 2.15. The first-order valence-corrected chi connectivity index (χ1v) is 6.37. The van der Waals surface area contributed by atoms with Gasteiger partial charge in [-0.15, -0.1) is 0 Å². The predicted molar refractivity (Wildman–Crippen MR) is 75.0 cm³/mol. The van der Waals surface area contributed by atoms with Gasteiger partial charge in [0.05, 0.1) is 0 Å². The third-order valence-corrected chi connectivity index (χ3v) is 3.22. The molecule has 0 amide bonds. The van der Waals surface area contributed by atoms with Crippen LogP contribution < -0.4 is 10.5 Å². The Bertz CT molecular complexity index is 574. The van der Waals surface area contributed by atoms with Gasteiger partial charge in [0, 0.05) is 17.1 Å². The summed E-state index contributed by atoms with van der Waals surface area (Å²) in [5.74, 6) is 0.323. The van der Waals surface area contributed by atoms with Gasteiger partial charge in [0.25, 0.3) is 0 Å². The maximum absolute atomic E-state index is 13.2. The summed E-state index contributed by atoms with van der Waals surface area (Å²) in [6.45, 7) is 1.98. The van der Waals surface area contributed by atoms with Gasteiger partial charge in [0.15, 0.2) is 0 Å². The van der Waals surface area contributed by atoms with Gasteiger partial charge in [-0.3, -0.25) is 0 Å². The van der Waals surface area contributed by atoms with E-state index in [0.717, 1.165) is 5.56 Å². The molecule has 0 saturated heterocycles. The minimum atomic E-state index is -0.349. The first-order valence-electron chi connectivity index (χ1n) is 5.99. The monoisotopic (exact) mass is 279 g/mol. The number of hydrogen-bond acceptors (Lipinski definition) is 2. The van der Waals surface area contributed by atoms with E-state index in [1.165, 1.54) is 6.07 Å².